The first-order valence-corrected chi connectivity index (χ1v) is 10.9. The Morgan fingerprint density at radius 3 is 2.61 bits per heavy atom. The lowest BCUT2D eigenvalue weighted by Crippen LogP contribution is -1.78. The topological polar surface area (TPSA) is 13.1 Å². The summed E-state index contributed by atoms with van der Waals surface area (Å²) in [6, 6.07) is 25.1. The molecule has 0 aliphatic rings. The summed E-state index contributed by atoms with van der Waals surface area (Å²) >= 11 is 11.8. The van der Waals surface area contributed by atoms with Gasteiger partial charge in [-0.3, -0.25) is 0 Å². The fourth-order valence-electron chi connectivity index (χ4n) is 3.95. The SMILES string of the molecule is Clc1cccc2sc3c(-c4ccc5c(c4)oc4ccc(Br)cc45)cccc3c12. The van der Waals surface area contributed by atoms with Crippen LogP contribution in [-0.4, -0.2) is 0 Å². The lowest BCUT2D eigenvalue weighted by atomic mass is 10.0. The Bertz CT molecular complexity index is 1540. The van der Waals surface area contributed by atoms with Gasteiger partial charge in [0.05, 0.1) is 0 Å². The Morgan fingerprint density at radius 2 is 1.68 bits per heavy atom. The van der Waals surface area contributed by atoms with E-state index in [2.05, 4.69) is 64.5 Å². The van der Waals surface area contributed by atoms with Crippen LogP contribution in [-0.2, 0) is 0 Å². The largest absolute Gasteiger partial charge is 0.456 e. The van der Waals surface area contributed by atoms with E-state index in [0.29, 0.717) is 0 Å². The van der Waals surface area contributed by atoms with E-state index in [0.717, 1.165) is 42.4 Å². The summed E-state index contributed by atoms with van der Waals surface area (Å²) in [7, 11) is 0. The molecule has 0 spiro atoms. The molecule has 6 aromatic rings. The molecule has 28 heavy (non-hydrogen) atoms. The number of rotatable bonds is 1. The van der Waals surface area contributed by atoms with Gasteiger partial charge in [0.25, 0.3) is 0 Å². The van der Waals surface area contributed by atoms with E-state index in [4.69, 9.17) is 16.0 Å². The van der Waals surface area contributed by atoms with Crippen LogP contribution in [0.4, 0.5) is 0 Å². The number of furan rings is 1. The van der Waals surface area contributed by atoms with Gasteiger partial charge in [0.15, 0.2) is 0 Å². The molecule has 6 rings (SSSR count). The minimum absolute atomic E-state index is 0.805. The van der Waals surface area contributed by atoms with E-state index in [1.807, 2.05) is 24.3 Å². The van der Waals surface area contributed by atoms with E-state index in [1.54, 1.807) is 11.3 Å². The number of thiophene rings is 1. The first kappa shape index (κ1) is 16.6. The van der Waals surface area contributed by atoms with Crippen molar-refractivity contribution in [2.45, 2.75) is 0 Å². The third-order valence-electron chi connectivity index (χ3n) is 5.22. The van der Waals surface area contributed by atoms with Crippen molar-refractivity contribution in [1.29, 1.82) is 0 Å². The highest BCUT2D eigenvalue weighted by Gasteiger charge is 2.14. The van der Waals surface area contributed by atoms with Crippen molar-refractivity contribution in [2.75, 3.05) is 0 Å². The summed E-state index contributed by atoms with van der Waals surface area (Å²) in [5.74, 6) is 0. The number of hydrogen-bond acceptors (Lipinski definition) is 2. The standard InChI is InChI=1S/C24H12BrClOS/c25-14-8-10-20-18(12-14)16-9-7-13(11-21(16)27-20)15-3-1-4-17-23-19(26)5-2-6-22(23)28-24(15)17/h1-12H. The van der Waals surface area contributed by atoms with Crippen molar-refractivity contribution in [1.82, 2.24) is 0 Å². The van der Waals surface area contributed by atoms with E-state index in [9.17, 15) is 0 Å². The second kappa shape index (κ2) is 6.08. The molecule has 0 atom stereocenters. The van der Waals surface area contributed by atoms with Crippen LogP contribution in [0.15, 0.2) is 81.7 Å². The highest BCUT2D eigenvalue weighted by Crippen LogP contribution is 2.43. The molecule has 2 heterocycles. The first-order valence-electron chi connectivity index (χ1n) is 8.91. The Morgan fingerprint density at radius 1 is 0.786 bits per heavy atom. The van der Waals surface area contributed by atoms with Crippen LogP contribution in [0.2, 0.25) is 5.02 Å². The third kappa shape index (κ3) is 2.37. The van der Waals surface area contributed by atoms with Crippen LogP contribution in [0.1, 0.15) is 0 Å². The average molecular weight is 464 g/mol. The van der Waals surface area contributed by atoms with Crippen molar-refractivity contribution in [3.05, 3.63) is 82.3 Å². The molecule has 2 aromatic heterocycles. The van der Waals surface area contributed by atoms with Gasteiger partial charge in [-0.15, -0.1) is 11.3 Å². The molecule has 0 aliphatic carbocycles. The Kier molecular flexibility index (Phi) is 3.61. The van der Waals surface area contributed by atoms with E-state index < -0.39 is 0 Å². The van der Waals surface area contributed by atoms with Gasteiger partial charge < -0.3 is 4.42 Å². The molecule has 4 aromatic carbocycles. The molecule has 134 valence electrons. The summed E-state index contributed by atoms with van der Waals surface area (Å²) in [6.07, 6.45) is 0. The quantitative estimate of drug-likeness (QED) is 0.237. The molecule has 0 radical (unpaired) electrons. The van der Waals surface area contributed by atoms with Crippen LogP contribution in [0.25, 0.3) is 53.2 Å². The predicted octanol–water partition coefficient (Wildman–Crippen LogP) is 9.04. The fourth-order valence-corrected chi connectivity index (χ4v) is 5.91. The Hall–Kier alpha value is -2.33. The van der Waals surface area contributed by atoms with Crippen LogP contribution in [0, 0.1) is 0 Å². The average Bonchev–Trinajstić information content (AvgIpc) is 3.26. The first-order chi connectivity index (χ1) is 13.7. The lowest BCUT2D eigenvalue weighted by molar-refractivity contribution is 0.669. The molecular formula is C24H12BrClOS. The van der Waals surface area contributed by atoms with Gasteiger partial charge in [-0.25, -0.2) is 0 Å². The van der Waals surface area contributed by atoms with Gasteiger partial charge in [-0.1, -0.05) is 57.9 Å². The maximum atomic E-state index is 6.50. The summed E-state index contributed by atoms with van der Waals surface area (Å²) in [5, 5.41) is 5.41. The number of hydrogen-bond donors (Lipinski definition) is 0. The second-order valence-electron chi connectivity index (χ2n) is 6.85. The van der Waals surface area contributed by atoms with E-state index in [1.165, 1.54) is 20.3 Å². The van der Waals surface area contributed by atoms with Crippen molar-refractivity contribution in [2.24, 2.45) is 0 Å². The second-order valence-corrected chi connectivity index (χ2v) is 9.23. The molecule has 0 amide bonds. The third-order valence-corrected chi connectivity index (χ3v) is 7.23. The van der Waals surface area contributed by atoms with Gasteiger partial charge in [0.2, 0.25) is 0 Å². The highest BCUT2D eigenvalue weighted by atomic mass is 79.9. The smallest absolute Gasteiger partial charge is 0.136 e. The van der Waals surface area contributed by atoms with Gasteiger partial charge in [-0.05, 0) is 53.6 Å². The lowest BCUT2D eigenvalue weighted by Gasteiger charge is -2.04. The van der Waals surface area contributed by atoms with Gasteiger partial charge in [-0.2, -0.15) is 0 Å². The molecule has 0 fully saturated rings. The minimum atomic E-state index is 0.805. The molecular weight excluding hydrogens is 452 g/mol. The zero-order valence-corrected chi connectivity index (χ0v) is 17.7. The number of fused-ring (bicyclic) bond motifs is 6. The maximum Gasteiger partial charge on any atom is 0.136 e. The molecule has 0 unspecified atom stereocenters. The molecule has 0 saturated heterocycles. The molecule has 0 bridgehead atoms. The highest BCUT2D eigenvalue weighted by molar-refractivity contribution is 9.10. The van der Waals surface area contributed by atoms with Crippen LogP contribution >= 0.6 is 38.9 Å². The Labute approximate surface area is 178 Å². The normalized spacial score (nSPS) is 11.9. The summed E-state index contributed by atoms with van der Waals surface area (Å²) in [5.41, 5.74) is 4.17. The molecule has 1 nitrogen and oxygen atoms in total. The molecule has 4 heteroatoms. The summed E-state index contributed by atoms with van der Waals surface area (Å²) in [6.45, 7) is 0. The Balaban J connectivity index is 1.64. The zero-order valence-electron chi connectivity index (χ0n) is 14.5. The van der Waals surface area contributed by atoms with Crippen LogP contribution < -0.4 is 0 Å². The molecule has 0 aliphatic heterocycles. The van der Waals surface area contributed by atoms with Gasteiger partial charge in [0, 0.05) is 40.4 Å². The number of benzene rings is 4. The summed E-state index contributed by atoms with van der Waals surface area (Å²) in [4.78, 5) is 0. The monoisotopic (exact) mass is 462 g/mol. The van der Waals surface area contributed by atoms with Crippen LogP contribution in [0.3, 0.4) is 0 Å². The van der Waals surface area contributed by atoms with E-state index in [-0.39, 0.29) is 0 Å². The van der Waals surface area contributed by atoms with Gasteiger partial charge >= 0.3 is 0 Å². The van der Waals surface area contributed by atoms with Crippen molar-refractivity contribution < 1.29 is 4.42 Å². The van der Waals surface area contributed by atoms with Crippen molar-refractivity contribution in [3.8, 4) is 11.1 Å². The molecule has 0 N–H and O–H groups in total. The fraction of sp³-hybridized carbons (Fsp3) is 0. The zero-order chi connectivity index (χ0) is 18.8. The van der Waals surface area contributed by atoms with Crippen molar-refractivity contribution >= 4 is 81.0 Å². The molecule has 0 saturated carbocycles. The minimum Gasteiger partial charge on any atom is -0.456 e. The summed E-state index contributed by atoms with van der Waals surface area (Å²) < 4.78 is 9.64. The van der Waals surface area contributed by atoms with Crippen molar-refractivity contribution in [3.63, 3.8) is 0 Å². The maximum absolute atomic E-state index is 6.50. The van der Waals surface area contributed by atoms with E-state index >= 15 is 0 Å². The number of halogens is 2. The van der Waals surface area contributed by atoms with Gasteiger partial charge in [0.1, 0.15) is 11.2 Å². The van der Waals surface area contributed by atoms with Crippen LogP contribution in [0.5, 0.6) is 0 Å². The predicted molar refractivity (Wildman–Crippen MR) is 125 cm³/mol.